The number of hydrogen-bond donors (Lipinski definition) is 1. The summed E-state index contributed by atoms with van der Waals surface area (Å²) < 4.78 is 0. The summed E-state index contributed by atoms with van der Waals surface area (Å²) in [6.07, 6.45) is 5.00. The molecule has 2 heterocycles. The minimum absolute atomic E-state index is 0.263. The molecule has 4 heteroatoms. The normalized spacial score (nSPS) is 24.4. The van der Waals surface area contributed by atoms with E-state index in [0.717, 1.165) is 6.54 Å². The smallest absolute Gasteiger partial charge is 0.101 e. The monoisotopic (exact) mass is 265 g/mol. The minimum atomic E-state index is 0.263. The van der Waals surface area contributed by atoms with E-state index in [-0.39, 0.29) is 5.41 Å². The maximum absolute atomic E-state index is 5.92. The Bertz CT molecular complexity index is 428. The van der Waals surface area contributed by atoms with Crippen LogP contribution in [0.15, 0.2) is 0 Å². The van der Waals surface area contributed by atoms with Gasteiger partial charge in [-0.15, -0.1) is 11.3 Å². The molecule has 0 unspecified atom stereocenters. The van der Waals surface area contributed by atoms with E-state index in [1.54, 1.807) is 0 Å². The molecule has 0 amide bonds. The van der Waals surface area contributed by atoms with E-state index in [2.05, 4.69) is 18.9 Å². The van der Waals surface area contributed by atoms with Gasteiger partial charge in [0.25, 0.3) is 0 Å². The average Bonchev–Trinajstić information content (AvgIpc) is 3.08. The van der Waals surface area contributed by atoms with Crippen LogP contribution in [-0.2, 0) is 5.41 Å². The van der Waals surface area contributed by atoms with Crippen molar-refractivity contribution in [2.75, 3.05) is 26.7 Å². The van der Waals surface area contributed by atoms with E-state index in [0.29, 0.717) is 5.92 Å². The van der Waals surface area contributed by atoms with E-state index in [1.807, 2.05) is 11.3 Å². The second-order valence-electron chi connectivity index (χ2n) is 6.02. The van der Waals surface area contributed by atoms with Crippen molar-refractivity contribution in [3.05, 3.63) is 15.6 Å². The first-order chi connectivity index (χ1) is 8.64. The van der Waals surface area contributed by atoms with Crippen LogP contribution in [-0.4, -0.2) is 36.6 Å². The zero-order chi connectivity index (χ0) is 12.8. The van der Waals surface area contributed by atoms with Crippen molar-refractivity contribution in [3.8, 4) is 0 Å². The zero-order valence-electron chi connectivity index (χ0n) is 11.4. The Morgan fingerprint density at radius 3 is 2.61 bits per heavy atom. The van der Waals surface area contributed by atoms with Crippen LogP contribution in [0.25, 0.3) is 0 Å². The molecule has 100 valence electrons. The van der Waals surface area contributed by atoms with Gasteiger partial charge in [0, 0.05) is 22.8 Å². The molecule has 0 spiro atoms. The van der Waals surface area contributed by atoms with E-state index >= 15 is 0 Å². The van der Waals surface area contributed by atoms with Crippen LogP contribution in [0, 0.1) is 6.92 Å². The van der Waals surface area contributed by atoms with Crippen molar-refractivity contribution in [2.24, 2.45) is 5.73 Å². The lowest BCUT2D eigenvalue weighted by Crippen LogP contribution is -2.29. The van der Waals surface area contributed by atoms with E-state index < -0.39 is 0 Å². The van der Waals surface area contributed by atoms with Gasteiger partial charge in [-0.05, 0) is 52.7 Å². The second-order valence-corrected chi connectivity index (χ2v) is 7.23. The van der Waals surface area contributed by atoms with Gasteiger partial charge in [0.15, 0.2) is 0 Å². The number of likely N-dealkylation sites (tertiary alicyclic amines) is 1. The predicted octanol–water partition coefficient (Wildman–Crippen LogP) is 2.25. The molecule has 1 aromatic heterocycles. The molecule has 3 nitrogen and oxygen atoms in total. The SMILES string of the molecule is Cc1sc(C2(CN)CC2)nc1C1CCN(C)CC1. The van der Waals surface area contributed by atoms with Crippen molar-refractivity contribution in [2.45, 2.75) is 43.9 Å². The molecule has 0 atom stereocenters. The molecular weight excluding hydrogens is 242 g/mol. The summed E-state index contributed by atoms with van der Waals surface area (Å²) in [6.45, 7) is 5.42. The molecule has 3 rings (SSSR count). The fourth-order valence-electron chi connectivity index (χ4n) is 2.95. The first kappa shape index (κ1) is 12.6. The van der Waals surface area contributed by atoms with Crippen molar-refractivity contribution in [1.29, 1.82) is 0 Å². The zero-order valence-corrected chi connectivity index (χ0v) is 12.2. The van der Waals surface area contributed by atoms with Crippen molar-refractivity contribution >= 4 is 11.3 Å². The van der Waals surface area contributed by atoms with Crippen LogP contribution in [0.2, 0.25) is 0 Å². The molecule has 2 N–H and O–H groups in total. The lowest BCUT2D eigenvalue weighted by molar-refractivity contribution is 0.253. The summed E-state index contributed by atoms with van der Waals surface area (Å²) in [5, 5.41) is 1.32. The summed E-state index contributed by atoms with van der Waals surface area (Å²) in [5.74, 6) is 0.680. The number of nitrogens with zero attached hydrogens (tertiary/aromatic N) is 2. The fourth-order valence-corrected chi connectivity index (χ4v) is 4.21. The molecule has 0 radical (unpaired) electrons. The van der Waals surface area contributed by atoms with Gasteiger partial charge in [-0.3, -0.25) is 0 Å². The van der Waals surface area contributed by atoms with Crippen LogP contribution in [0.5, 0.6) is 0 Å². The number of thiazole rings is 1. The topological polar surface area (TPSA) is 42.1 Å². The highest BCUT2D eigenvalue weighted by molar-refractivity contribution is 7.11. The molecule has 1 saturated carbocycles. The average molecular weight is 265 g/mol. The van der Waals surface area contributed by atoms with Crippen LogP contribution in [0.4, 0.5) is 0 Å². The van der Waals surface area contributed by atoms with Crippen molar-refractivity contribution < 1.29 is 0 Å². The predicted molar refractivity (Wildman–Crippen MR) is 76.3 cm³/mol. The van der Waals surface area contributed by atoms with Gasteiger partial charge in [-0.2, -0.15) is 0 Å². The highest BCUT2D eigenvalue weighted by atomic mass is 32.1. The maximum atomic E-state index is 5.92. The fraction of sp³-hybridized carbons (Fsp3) is 0.786. The Labute approximate surface area is 113 Å². The molecule has 1 saturated heterocycles. The number of hydrogen-bond acceptors (Lipinski definition) is 4. The minimum Gasteiger partial charge on any atom is -0.329 e. The number of aryl methyl sites for hydroxylation is 1. The van der Waals surface area contributed by atoms with Crippen molar-refractivity contribution in [3.63, 3.8) is 0 Å². The molecule has 1 aliphatic heterocycles. The third-order valence-electron chi connectivity index (χ3n) is 4.64. The van der Waals surface area contributed by atoms with Gasteiger partial charge in [0.2, 0.25) is 0 Å². The first-order valence-electron chi connectivity index (χ1n) is 7.01. The largest absolute Gasteiger partial charge is 0.329 e. The Kier molecular flexibility index (Phi) is 3.20. The Balaban J connectivity index is 1.80. The van der Waals surface area contributed by atoms with Gasteiger partial charge in [0.1, 0.15) is 5.01 Å². The number of rotatable bonds is 3. The quantitative estimate of drug-likeness (QED) is 0.911. The highest BCUT2D eigenvalue weighted by Crippen LogP contribution is 2.49. The van der Waals surface area contributed by atoms with Crippen LogP contribution in [0.3, 0.4) is 0 Å². The lowest BCUT2D eigenvalue weighted by Gasteiger charge is -2.28. The molecular formula is C14H23N3S. The van der Waals surface area contributed by atoms with Gasteiger partial charge in [-0.25, -0.2) is 4.98 Å². The van der Waals surface area contributed by atoms with E-state index in [1.165, 1.54) is 54.4 Å². The summed E-state index contributed by atoms with van der Waals surface area (Å²) in [5.41, 5.74) is 7.56. The van der Waals surface area contributed by atoms with Gasteiger partial charge < -0.3 is 10.6 Å². The second kappa shape index (κ2) is 4.58. The molecule has 2 aliphatic rings. The summed E-state index contributed by atoms with van der Waals surface area (Å²) in [6, 6.07) is 0. The van der Waals surface area contributed by atoms with Gasteiger partial charge >= 0.3 is 0 Å². The van der Waals surface area contributed by atoms with E-state index in [9.17, 15) is 0 Å². The number of aromatic nitrogens is 1. The number of nitrogens with two attached hydrogens (primary N) is 1. The van der Waals surface area contributed by atoms with Gasteiger partial charge in [-0.1, -0.05) is 0 Å². The van der Waals surface area contributed by atoms with Crippen LogP contribution in [0.1, 0.15) is 47.2 Å². The lowest BCUT2D eigenvalue weighted by atomic mass is 9.93. The summed E-state index contributed by atoms with van der Waals surface area (Å²) in [4.78, 5) is 8.83. The van der Waals surface area contributed by atoms with Crippen LogP contribution >= 0.6 is 11.3 Å². The van der Waals surface area contributed by atoms with E-state index in [4.69, 9.17) is 10.7 Å². The maximum Gasteiger partial charge on any atom is 0.101 e. The molecule has 1 aromatic rings. The first-order valence-corrected chi connectivity index (χ1v) is 7.83. The Hall–Kier alpha value is -0.450. The molecule has 1 aliphatic carbocycles. The van der Waals surface area contributed by atoms with Gasteiger partial charge in [0.05, 0.1) is 5.69 Å². The van der Waals surface area contributed by atoms with Crippen molar-refractivity contribution in [1.82, 2.24) is 9.88 Å². The molecule has 0 aromatic carbocycles. The highest BCUT2D eigenvalue weighted by Gasteiger charge is 2.46. The van der Waals surface area contributed by atoms with Crippen LogP contribution < -0.4 is 5.73 Å². The third-order valence-corrected chi connectivity index (χ3v) is 5.87. The summed E-state index contributed by atoms with van der Waals surface area (Å²) >= 11 is 1.90. The standard InChI is InChI=1S/C14H23N3S/c1-10-12(11-3-7-17(2)8-4-11)16-13(18-10)14(9-15)5-6-14/h11H,3-9,15H2,1-2H3. The molecule has 2 fully saturated rings. The molecule has 18 heavy (non-hydrogen) atoms. The third kappa shape index (κ3) is 2.10. The number of piperidine rings is 1. The Morgan fingerprint density at radius 2 is 2.06 bits per heavy atom. The Morgan fingerprint density at radius 1 is 1.39 bits per heavy atom. The molecule has 0 bridgehead atoms. The summed E-state index contributed by atoms with van der Waals surface area (Å²) in [7, 11) is 2.21.